The van der Waals surface area contributed by atoms with Crippen molar-refractivity contribution in [2.75, 3.05) is 23.3 Å². The normalized spacial score (nSPS) is 20.2. The van der Waals surface area contributed by atoms with Crippen molar-refractivity contribution in [1.29, 1.82) is 0 Å². The SMILES string of the molecule is CC(F)C=O.Cn1cc(NC(=O)c2cnn3ccc(N4CC5CCC4CN5)nc23)c(C(F)F)n1. The third-order valence-corrected chi connectivity index (χ3v) is 5.74. The number of anilines is 2. The van der Waals surface area contributed by atoms with Gasteiger partial charge in [0.05, 0.1) is 11.9 Å². The van der Waals surface area contributed by atoms with Gasteiger partial charge in [-0.05, 0) is 25.8 Å². The molecule has 3 fully saturated rings. The zero-order valence-corrected chi connectivity index (χ0v) is 18.7. The Morgan fingerprint density at radius 3 is 2.68 bits per heavy atom. The summed E-state index contributed by atoms with van der Waals surface area (Å²) in [7, 11) is 1.52. The first-order chi connectivity index (χ1) is 16.3. The molecule has 13 heteroatoms. The van der Waals surface area contributed by atoms with E-state index in [2.05, 4.69) is 30.7 Å². The van der Waals surface area contributed by atoms with E-state index in [-0.39, 0.29) is 17.5 Å². The second-order valence-electron chi connectivity index (χ2n) is 8.27. The Morgan fingerprint density at radius 2 is 2.09 bits per heavy atom. The summed E-state index contributed by atoms with van der Waals surface area (Å²) in [6.45, 7) is 2.98. The summed E-state index contributed by atoms with van der Waals surface area (Å²) in [5, 5.41) is 13.9. The molecule has 3 aliphatic heterocycles. The number of nitrogens with zero attached hydrogens (tertiary/aromatic N) is 6. The van der Waals surface area contributed by atoms with Gasteiger partial charge in [-0.3, -0.25) is 9.48 Å². The largest absolute Gasteiger partial charge is 0.351 e. The number of nitrogens with one attached hydrogen (secondary N) is 2. The highest BCUT2D eigenvalue weighted by molar-refractivity contribution is 6.08. The van der Waals surface area contributed by atoms with Gasteiger partial charge in [0.1, 0.15) is 11.4 Å². The number of carbonyl (C=O) groups is 2. The maximum absolute atomic E-state index is 13.2. The summed E-state index contributed by atoms with van der Waals surface area (Å²) in [4.78, 5) is 28.8. The molecule has 0 radical (unpaired) electrons. The number of aldehydes is 1. The highest BCUT2D eigenvalue weighted by Gasteiger charge is 2.34. The molecule has 6 heterocycles. The van der Waals surface area contributed by atoms with Crippen molar-refractivity contribution in [2.45, 2.75) is 44.4 Å². The number of amides is 1. The molecule has 0 saturated carbocycles. The first-order valence-electron chi connectivity index (χ1n) is 10.8. The third kappa shape index (κ3) is 4.88. The maximum Gasteiger partial charge on any atom is 0.284 e. The van der Waals surface area contributed by atoms with E-state index in [4.69, 9.17) is 4.79 Å². The van der Waals surface area contributed by atoms with Crippen LogP contribution in [-0.2, 0) is 11.8 Å². The average molecular weight is 478 g/mol. The topological polar surface area (TPSA) is 109 Å². The van der Waals surface area contributed by atoms with Crippen LogP contribution in [0.1, 0.15) is 42.2 Å². The van der Waals surface area contributed by atoms with Crippen LogP contribution in [0.15, 0.2) is 24.7 Å². The smallest absolute Gasteiger partial charge is 0.284 e. The maximum atomic E-state index is 13.2. The van der Waals surface area contributed by atoms with Crippen LogP contribution in [0.3, 0.4) is 0 Å². The van der Waals surface area contributed by atoms with Crippen LogP contribution in [0.5, 0.6) is 0 Å². The number of aromatic nitrogens is 5. The lowest BCUT2D eigenvalue weighted by atomic mass is 9.93. The van der Waals surface area contributed by atoms with E-state index in [1.54, 1.807) is 6.20 Å². The fraction of sp³-hybridized carbons (Fsp3) is 0.476. The van der Waals surface area contributed by atoms with Crippen molar-refractivity contribution in [3.8, 4) is 0 Å². The molecular formula is C21H25F3N8O2. The Kier molecular flexibility index (Phi) is 6.82. The fourth-order valence-corrected chi connectivity index (χ4v) is 4.12. The van der Waals surface area contributed by atoms with Gasteiger partial charge in [-0.15, -0.1) is 0 Å². The van der Waals surface area contributed by atoms with E-state index < -0.39 is 24.2 Å². The first-order valence-corrected chi connectivity index (χ1v) is 10.8. The van der Waals surface area contributed by atoms with E-state index in [0.29, 0.717) is 17.7 Å². The molecule has 2 bridgehead atoms. The Bertz CT molecular complexity index is 1170. The van der Waals surface area contributed by atoms with Crippen molar-refractivity contribution in [1.82, 2.24) is 29.7 Å². The van der Waals surface area contributed by atoms with Gasteiger partial charge >= 0.3 is 0 Å². The zero-order chi connectivity index (χ0) is 24.4. The first kappa shape index (κ1) is 23.7. The molecule has 3 aromatic heterocycles. The van der Waals surface area contributed by atoms with Crippen LogP contribution in [0.2, 0.25) is 0 Å². The van der Waals surface area contributed by atoms with Gasteiger partial charge in [-0.25, -0.2) is 22.7 Å². The molecular weight excluding hydrogens is 453 g/mol. The molecule has 182 valence electrons. The highest BCUT2D eigenvalue weighted by Crippen LogP contribution is 2.28. The predicted octanol–water partition coefficient (Wildman–Crippen LogP) is 2.14. The van der Waals surface area contributed by atoms with E-state index in [1.807, 2.05) is 6.07 Å². The summed E-state index contributed by atoms with van der Waals surface area (Å²) in [6, 6.07) is 2.71. The molecule has 1 amide bonds. The molecule has 3 atom stereocenters. The lowest BCUT2D eigenvalue weighted by Gasteiger charge is -2.46. The molecule has 3 unspecified atom stereocenters. The summed E-state index contributed by atoms with van der Waals surface area (Å²) in [5.41, 5.74) is 0.110. The molecule has 0 aliphatic carbocycles. The molecule has 0 aromatic carbocycles. The van der Waals surface area contributed by atoms with E-state index in [1.165, 1.54) is 35.6 Å². The van der Waals surface area contributed by atoms with E-state index in [9.17, 15) is 18.0 Å². The average Bonchev–Trinajstić information content (AvgIpc) is 3.42. The van der Waals surface area contributed by atoms with Crippen molar-refractivity contribution >= 4 is 29.3 Å². The molecule has 3 aromatic rings. The number of alkyl halides is 3. The van der Waals surface area contributed by atoms with Crippen LogP contribution >= 0.6 is 0 Å². The Labute approximate surface area is 193 Å². The number of hydrogen-bond donors (Lipinski definition) is 2. The molecule has 3 aliphatic rings. The van der Waals surface area contributed by atoms with Crippen molar-refractivity contribution in [2.24, 2.45) is 7.05 Å². The number of rotatable bonds is 5. The van der Waals surface area contributed by atoms with E-state index in [0.717, 1.165) is 31.7 Å². The standard InChI is InChI=1S/C18H20F2N8O.C3H5FO/c1-26-9-13(15(25-26)16(19)20)23-18(29)12-7-22-28-5-4-14(24-17(12)28)27-8-10-2-3-11(27)6-21-10;1-3(4)2-5/h4-5,7,9-11,16,21H,2-3,6,8H2,1H3,(H,23,29);2-3H,1H3. The Balaban J connectivity index is 0.000000499. The van der Waals surface area contributed by atoms with Crippen molar-refractivity contribution in [3.63, 3.8) is 0 Å². The second kappa shape index (κ2) is 9.79. The number of hydrogen-bond acceptors (Lipinski definition) is 7. The molecule has 34 heavy (non-hydrogen) atoms. The van der Waals surface area contributed by atoms with Crippen LogP contribution in [0, 0.1) is 0 Å². The van der Waals surface area contributed by atoms with Crippen LogP contribution in [0.4, 0.5) is 24.7 Å². The quantitative estimate of drug-likeness (QED) is 0.541. The zero-order valence-electron chi connectivity index (χ0n) is 18.7. The minimum Gasteiger partial charge on any atom is -0.351 e. The molecule has 0 spiro atoms. The number of carbonyl (C=O) groups excluding carboxylic acids is 2. The summed E-state index contributed by atoms with van der Waals surface area (Å²) in [5.74, 6) is 0.235. The predicted molar refractivity (Wildman–Crippen MR) is 118 cm³/mol. The lowest BCUT2D eigenvalue weighted by Crippen LogP contribution is -2.61. The second-order valence-corrected chi connectivity index (χ2v) is 8.27. The number of piperazine rings is 1. The summed E-state index contributed by atoms with van der Waals surface area (Å²) >= 11 is 0. The van der Waals surface area contributed by atoms with Gasteiger partial charge in [0.2, 0.25) is 0 Å². The van der Waals surface area contributed by atoms with Crippen LogP contribution in [-0.4, -0.2) is 67.9 Å². The Hall–Kier alpha value is -3.48. The molecule has 2 N–H and O–H groups in total. The number of piperidine rings is 2. The van der Waals surface area contributed by atoms with Gasteiger partial charge in [-0.1, -0.05) is 0 Å². The van der Waals surface area contributed by atoms with Gasteiger partial charge < -0.3 is 20.3 Å². The van der Waals surface area contributed by atoms with E-state index >= 15 is 0 Å². The summed E-state index contributed by atoms with van der Waals surface area (Å²) < 4.78 is 40.1. The van der Waals surface area contributed by atoms with Crippen LogP contribution < -0.4 is 15.5 Å². The molecule has 10 nitrogen and oxygen atoms in total. The van der Waals surface area contributed by atoms with Gasteiger partial charge in [0, 0.05) is 44.6 Å². The van der Waals surface area contributed by atoms with Gasteiger partial charge in [0.15, 0.2) is 23.8 Å². The van der Waals surface area contributed by atoms with Crippen molar-refractivity contribution in [3.05, 3.63) is 35.9 Å². The van der Waals surface area contributed by atoms with Gasteiger partial charge in [0.25, 0.3) is 12.3 Å². The van der Waals surface area contributed by atoms with Crippen molar-refractivity contribution < 1.29 is 22.8 Å². The molecule has 3 saturated heterocycles. The third-order valence-electron chi connectivity index (χ3n) is 5.74. The highest BCUT2D eigenvalue weighted by atomic mass is 19.3. The number of halogens is 3. The summed E-state index contributed by atoms with van der Waals surface area (Å²) in [6.07, 6.45) is 2.93. The monoisotopic (exact) mass is 478 g/mol. The minimum absolute atomic E-state index is 0.0255. The van der Waals surface area contributed by atoms with Gasteiger partial charge in [-0.2, -0.15) is 10.2 Å². The number of aryl methyl sites for hydroxylation is 1. The minimum atomic E-state index is -2.79. The number of fused-ring (bicyclic) bond motifs is 4. The fourth-order valence-electron chi connectivity index (χ4n) is 4.12. The van der Waals surface area contributed by atoms with Crippen LogP contribution in [0.25, 0.3) is 5.65 Å². The molecule has 6 rings (SSSR count). The lowest BCUT2D eigenvalue weighted by molar-refractivity contribution is -0.111. The Morgan fingerprint density at radius 1 is 1.32 bits per heavy atom.